The Morgan fingerprint density at radius 3 is 2.75 bits per heavy atom. The van der Waals surface area contributed by atoms with Gasteiger partial charge in [-0.25, -0.2) is 0 Å². The highest BCUT2D eigenvalue weighted by Gasteiger charge is 2.60. The lowest BCUT2D eigenvalue weighted by molar-refractivity contribution is -0.148. The van der Waals surface area contributed by atoms with Crippen molar-refractivity contribution in [3.63, 3.8) is 0 Å². The Balaban J connectivity index is 2.26. The molecule has 0 saturated heterocycles. The molecule has 2 nitrogen and oxygen atoms in total. The number of carbonyl (C=O) groups excluding carboxylic acids is 2. The third-order valence-corrected chi connectivity index (χ3v) is 3.90. The molecule has 0 spiro atoms. The van der Waals surface area contributed by atoms with Gasteiger partial charge in [0, 0.05) is 17.8 Å². The number of rotatable bonds is 1. The van der Waals surface area contributed by atoms with Crippen molar-refractivity contribution >= 4 is 11.6 Å². The normalized spacial score (nSPS) is 45.3. The van der Waals surface area contributed by atoms with E-state index >= 15 is 0 Å². The summed E-state index contributed by atoms with van der Waals surface area (Å²) in [5.74, 6) is 1.07. The Morgan fingerprint density at radius 1 is 1.58 bits per heavy atom. The summed E-state index contributed by atoms with van der Waals surface area (Å²) in [5, 5.41) is 0. The predicted octanol–water partition coefficient (Wildman–Crippen LogP) is 1.58. The third-order valence-electron chi connectivity index (χ3n) is 3.90. The van der Waals surface area contributed by atoms with E-state index in [0.717, 1.165) is 12.8 Å². The Labute approximate surface area is 72.3 Å². The highest BCUT2D eigenvalue weighted by Crippen LogP contribution is 2.59. The first-order valence-electron chi connectivity index (χ1n) is 4.60. The summed E-state index contributed by atoms with van der Waals surface area (Å²) >= 11 is 0. The fourth-order valence-corrected chi connectivity index (χ4v) is 2.90. The van der Waals surface area contributed by atoms with E-state index in [2.05, 4.69) is 0 Å². The molecule has 0 bridgehead atoms. The maximum absolute atomic E-state index is 11.5. The molecule has 0 radical (unpaired) electrons. The Morgan fingerprint density at radius 2 is 2.25 bits per heavy atom. The Bertz CT molecular complexity index is 257. The SMILES string of the molecule is CC(=O)C1CC2CCC(=O)C21C. The largest absolute Gasteiger partial charge is 0.300 e. The molecule has 2 aliphatic carbocycles. The van der Waals surface area contributed by atoms with Crippen LogP contribution in [0.3, 0.4) is 0 Å². The van der Waals surface area contributed by atoms with Crippen molar-refractivity contribution in [1.29, 1.82) is 0 Å². The minimum absolute atomic E-state index is 0.0394. The number of ketones is 2. The molecule has 2 aliphatic rings. The molecule has 0 aromatic carbocycles. The topological polar surface area (TPSA) is 34.1 Å². The van der Waals surface area contributed by atoms with Crippen molar-refractivity contribution in [1.82, 2.24) is 0 Å². The minimum atomic E-state index is -0.258. The van der Waals surface area contributed by atoms with Crippen LogP contribution in [0.2, 0.25) is 0 Å². The second-order valence-electron chi connectivity index (χ2n) is 4.34. The van der Waals surface area contributed by atoms with Crippen LogP contribution in [0.1, 0.15) is 33.1 Å². The van der Waals surface area contributed by atoms with E-state index in [1.807, 2.05) is 6.92 Å². The molecular formula is C10H14O2. The first kappa shape index (κ1) is 7.96. The summed E-state index contributed by atoms with van der Waals surface area (Å²) in [6, 6.07) is 0. The fraction of sp³-hybridized carbons (Fsp3) is 0.800. The van der Waals surface area contributed by atoms with E-state index in [1.165, 1.54) is 0 Å². The number of Topliss-reactive ketones (excluding diaryl/α,β-unsaturated/α-hetero) is 2. The molecule has 0 aromatic rings. The van der Waals surface area contributed by atoms with Gasteiger partial charge < -0.3 is 0 Å². The maximum atomic E-state index is 11.5. The summed E-state index contributed by atoms with van der Waals surface area (Å²) in [6.45, 7) is 3.58. The van der Waals surface area contributed by atoms with Gasteiger partial charge in [0.2, 0.25) is 0 Å². The van der Waals surface area contributed by atoms with Crippen molar-refractivity contribution in [2.75, 3.05) is 0 Å². The fourth-order valence-electron chi connectivity index (χ4n) is 2.90. The average molecular weight is 166 g/mol. The van der Waals surface area contributed by atoms with Crippen LogP contribution >= 0.6 is 0 Å². The molecule has 0 aromatic heterocycles. The smallest absolute Gasteiger partial charge is 0.139 e. The van der Waals surface area contributed by atoms with Gasteiger partial charge in [0.1, 0.15) is 11.6 Å². The zero-order valence-corrected chi connectivity index (χ0v) is 7.59. The van der Waals surface area contributed by atoms with Crippen molar-refractivity contribution < 1.29 is 9.59 Å². The van der Waals surface area contributed by atoms with Gasteiger partial charge in [0.15, 0.2) is 0 Å². The third kappa shape index (κ3) is 0.706. The monoisotopic (exact) mass is 166 g/mol. The second-order valence-corrected chi connectivity index (χ2v) is 4.34. The van der Waals surface area contributed by atoms with E-state index in [0.29, 0.717) is 18.1 Å². The van der Waals surface area contributed by atoms with E-state index < -0.39 is 0 Å². The standard InChI is InChI=1S/C10H14O2/c1-6(11)8-5-7-3-4-9(12)10(7,8)2/h7-8H,3-5H2,1-2H3. The van der Waals surface area contributed by atoms with Gasteiger partial charge in [0.25, 0.3) is 0 Å². The van der Waals surface area contributed by atoms with Gasteiger partial charge in [-0.15, -0.1) is 0 Å². The molecule has 0 aliphatic heterocycles. The van der Waals surface area contributed by atoms with Gasteiger partial charge >= 0.3 is 0 Å². The zero-order chi connectivity index (χ0) is 8.93. The zero-order valence-electron chi connectivity index (χ0n) is 7.59. The van der Waals surface area contributed by atoms with Crippen LogP contribution in [0.25, 0.3) is 0 Å². The molecule has 3 unspecified atom stereocenters. The molecule has 2 fully saturated rings. The Hall–Kier alpha value is -0.660. The molecule has 66 valence electrons. The van der Waals surface area contributed by atoms with Crippen LogP contribution in [0, 0.1) is 17.3 Å². The van der Waals surface area contributed by atoms with Crippen molar-refractivity contribution in [3.8, 4) is 0 Å². The molecule has 0 heterocycles. The lowest BCUT2D eigenvalue weighted by Crippen LogP contribution is -2.50. The van der Waals surface area contributed by atoms with Crippen molar-refractivity contribution in [2.45, 2.75) is 33.1 Å². The summed E-state index contributed by atoms with van der Waals surface area (Å²) < 4.78 is 0. The van der Waals surface area contributed by atoms with Gasteiger partial charge in [-0.2, -0.15) is 0 Å². The van der Waals surface area contributed by atoms with Gasteiger partial charge in [-0.1, -0.05) is 6.92 Å². The molecule has 0 N–H and O–H groups in total. The maximum Gasteiger partial charge on any atom is 0.139 e. The van der Waals surface area contributed by atoms with E-state index in [9.17, 15) is 9.59 Å². The summed E-state index contributed by atoms with van der Waals surface area (Å²) in [7, 11) is 0. The number of fused-ring (bicyclic) bond motifs is 1. The lowest BCUT2D eigenvalue weighted by atomic mass is 9.54. The van der Waals surface area contributed by atoms with Crippen molar-refractivity contribution in [2.24, 2.45) is 17.3 Å². The summed E-state index contributed by atoms with van der Waals surface area (Å²) in [4.78, 5) is 22.7. The quantitative estimate of drug-likeness (QED) is 0.592. The highest BCUT2D eigenvalue weighted by molar-refractivity contribution is 5.95. The average Bonchev–Trinajstić information content (AvgIpc) is 2.15. The molecule has 12 heavy (non-hydrogen) atoms. The first-order valence-corrected chi connectivity index (χ1v) is 4.60. The summed E-state index contributed by atoms with van der Waals surface area (Å²) in [6.07, 6.45) is 2.67. The van der Waals surface area contributed by atoms with Gasteiger partial charge in [-0.3, -0.25) is 9.59 Å². The van der Waals surface area contributed by atoms with Crippen LogP contribution in [-0.4, -0.2) is 11.6 Å². The molecule has 2 saturated carbocycles. The van der Waals surface area contributed by atoms with E-state index in [1.54, 1.807) is 6.92 Å². The minimum Gasteiger partial charge on any atom is -0.300 e. The Kier molecular flexibility index (Phi) is 1.45. The molecule has 2 rings (SSSR count). The van der Waals surface area contributed by atoms with E-state index in [4.69, 9.17) is 0 Å². The van der Waals surface area contributed by atoms with Gasteiger partial charge in [-0.05, 0) is 25.7 Å². The number of carbonyl (C=O) groups is 2. The van der Waals surface area contributed by atoms with Crippen LogP contribution in [0.15, 0.2) is 0 Å². The van der Waals surface area contributed by atoms with Crippen LogP contribution in [0.4, 0.5) is 0 Å². The predicted molar refractivity (Wildman–Crippen MR) is 44.6 cm³/mol. The lowest BCUT2D eigenvalue weighted by Gasteiger charge is -2.47. The summed E-state index contributed by atoms with van der Waals surface area (Å²) in [5.41, 5.74) is -0.258. The van der Waals surface area contributed by atoms with E-state index in [-0.39, 0.29) is 17.1 Å². The molecular weight excluding hydrogens is 152 g/mol. The molecule has 3 atom stereocenters. The molecule has 0 amide bonds. The number of hydrogen-bond donors (Lipinski definition) is 0. The van der Waals surface area contributed by atoms with Gasteiger partial charge in [0.05, 0.1) is 0 Å². The van der Waals surface area contributed by atoms with Crippen LogP contribution < -0.4 is 0 Å². The first-order chi connectivity index (χ1) is 5.56. The van der Waals surface area contributed by atoms with Crippen molar-refractivity contribution in [3.05, 3.63) is 0 Å². The van der Waals surface area contributed by atoms with Crippen LogP contribution in [0.5, 0.6) is 0 Å². The number of hydrogen-bond acceptors (Lipinski definition) is 2. The van der Waals surface area contributed by atoms with Crippen LogP contribution in [-0.2, 0) is 9.59 Å². The highest BCUT2D eigenvalue weighted by atomic mass is 16.1. The molecule has 2 heteroatoms. The second kappa shape index (κ2) is 2.18.